The number of hydrogen-bond donors (Lipinski definition) is 1. The summed E-state index contributed by atoms with van der Waals surface area (Å²) >= 11 is 0. The maximum atomic E-state index is 11.4. The number of phenolic OH excluding ortho intramolecular Hbond substituents is 1. The Balaban J connectivity index is 2.76. The van der Waals surface area contributed by atoms with Crippen LogP contribution in [0.15, 0.2) is 30.3 Å². The molecule has 0 bridgehead atoms. The lowest BCUT2D eigenvalue weighted by molar-refractivity contribution is -0.447. The second-order valence-corrected chi connectivity index (χ2v) is 3.92. The minimum absolute atomic E-state index is 0.141. The van der Waals surface area contributed by atoms with Gasteiger partial charge in [0.1, 0.15) is 11.5 Å². The van der Waals surface area contributed by atoms with Crippen molar-refractivity contribution in [3.8, 4) is 11.5 Å². The fourth-order valence-electron chi connectivity index (χ4n) is 1.92. The highest BCUT2D eigenvalue weighted by Crippen LogP contribution is 2.33. The zero-order valence-corrected chi connectivity index (χ0v) is 10.4. The van der Waals surface area contributed by atoms with Crippen molar-refractivity contribution in [2.24, 2.45) is 0 Å². The molecule has 0 aliphatic rings. The first-order valence-electron chi connectivity index (χ1n) is 5.74. The average molecular weight is 245 g/mol. The van der Waals surface area contributed by atoms with Crippen LogP contribution >= 0.6 is 0 Å². The number of benzene rings is 2. The Kier molecular flexibility index (Phi) is 3.37. The number of phenols is 1. The monoisotopic (exact) mass is 245 g/mol. The molecular formula is C14H15NO3. The molecule has 0 amide bonds. The number of methoxy groups -OCH3 is 1. The van der Waals surface area contributed by atoms with Crippen LogP contribution in [0.4, 0.5) is 0 Å². The largest absolute Gasteiger partial charge is 0.624 e. The number of hydrogen-bond acceptors (Lipinski definition) is 3. The molecule has 2 aromatic rings. The summed E-state index contributed by atoms with van der Waals surface area (Å²) in [5.41, 5.74) is 0.681. The van der Waals surface area contributed by atoms with E-state index in [0.29, 0.717) is 23.2 Å². The van der Waals surface area contributed by atoms with Gasteiger partial charge in [0.05, 0.1) is 12.7 Å². The molecule has 2 rings (SSSR count). The number of aromatic hydroxyl groups is 1. The van der Waals surface area contributed by atoms with Crippen molar-refractivity contribution in [2.75, 3.05) is 13.7 Å². The molecule has 0 saturated heterocycles. The van der Waals surface area contributed by atoms with Gasteiger partial charge in [0.15, 0.2) is 12.8 Å². The van der Waals surface area contributed by atoms with E-state index in [-0.39, 0.29) is 5.75 Å². The Morgan fingerprint density at radius 1 is 1.33 bits per heavy atom. The van der Waals surface area contributed by atoms with Crippen molar-refractivity contribution >= 4 is 17.0 Å². The second-order valence-electron chi connectivity index (χ2n) is 3.92. The van der Waals surface area contributed by atoms with Gasteiger partial charge in [-0.15, -0.1) is 0 Å². The number of ether oxygens (including phenoxy) is 1. The molecule has 0 saturated carbocycles. The van der Waals surface area contributed by atoms with Crippen molar-refractivity contribution in [3.05, 3.63) is 41.1 Å². The summed E-state index contributed by atoms with van der Waals surface area (Å²) in [5, 5.41) is 22.8. The first kappa shape index (κ1) is 12.2. The van der Waals surface area contributed by atoms with E-state index >= 15 is 0 Å². The number of hydroxylamine groups is 1. The van der Waals surface area contributed by atoms with Crippen LogP contribution in [0.5, 0.6) is 11.5 Å². The van der Waals surface area contributed by atoms with Gasteiger partial charge in [-0.3, -0.25) is 0 Å². The van der Waals surface area contributed by atoms with Crippen LogP contribution in [0.2, 0.25) is 0 Å². The van der Waals surface area contributed by atoms with E-state index in [9.17, 15) is 10.3 Å². The lowest BCUT2D eigenvalue weighted by atomic mass is 10.0. The third kappa shape index (κ3) is 2.09. The summed E-state index contributed by atoms with van der Waals surface area (Å²) in [4.78, 5) is 0. The van der Waals surface area contributed by atoms with Crippen molar-refractivity contribution < 1.29 is 14.6 Å². The normalized spacial score (nSPS) is 11.8. The fraction of sp³-hybridized carbons (Fsp3) is 0.214. The Morgan fingerprint density at radius 3 is 2.78 bits per heavy atom. The van der Waals surface area contributed by atoms with Gasteiger partial charge >= 0.3 is 0 Å². The SMILES string of the molecule is CC/[N+]([O-])=C/c1ccc(OC)c2cccc(O)c12. The Bertz CT molecular complexity index is 605. The highest BCUT2D eigenvalue weighted by Gasteiger charge is 2.10. The molecule has 18 heavy (non-hydrogen) atoms. The second kappa shape index (κ2) is 4.96. The summed E-state index contributed by atoms with van der Waals surface area (Å²) in [5.74, 6) is 0.814. The molecule has 0 aliphatic carbocycles. The highest BCUT2D eigenvalue weighted by atomic mass is 16.5. The van der Waals surface area contributed by atoms with Gasteiger partial charge < -0.3 is 15.1 Å². The van der Waals surface area contributed by atoms with Crippen LogP contribution in [-0.2, 0) is 0 Å². The Labute approximate surface area is 105 Å². The quantitative estimate of drug-likeness (QED) is 0.391. The van der Waals surface area contributed by atoms with Crippen LogP contribution in [0.1, 0.15) is 12.5 Å². The van der Waals surface area contributed by atoms with Gasteiger partial charge in [0.25, 0.3) is 0 Å². The predicted molar refractivity (Wildman–Crippen MR) is 71.5 cm³/mol. The molecule has 0 fully saturated rings. The molecule has 0 aliphatic heterocycles. The minimum Gasteiger partial charge on any atom is -0.624 e. The summed E-state index contributed by atoms with van der Waals surface area (Å²) < 4.78 is 6.08. The zero-order valence-electron chi connectivity index (χ0n) is 10.4. The molecule has 0 aromatic heterocycles. The molecule has 0 unspecified atom stereocenters. The van der Waals surface area contributed by atoms with Gasteiger partial charge in [0, 0.05) is 10.8 Å². The first-order chi connectivity index (χ1) is 8.67. The lowest BCUT2D eigenvalue weighted by Gasteiger charge is -2.09. The van der Waals surface area contributed by atoms with E-state index in [4.69, 9.17) is 4.74 Å². The average Bonchev–Trinajstić information content (AvgIpc) is 2.39. The highest BCUT2D eigenvalue weighted by molar-refractivity contribution is 6.04. The third-order valence-corrected chi connectivity index (χ3v) is 2.83. The molecule has 0 heterocycles. The lowest BCUT2D eigenvalue weighted by Crippen LogP contribution is -2.04. The summed E-state index contributed by atoms with van der Waals surface area (Å²) in [7, 11) is 1.58. The fourth-order valence-corrected chi connectivity index (χ4v) is 1.92. The number of nitrogens with zero attached hydrogens (tertiary/aromatic N) is 1. The van der Waals surface area contributed by atoms with E-state index in [1.807, 2.05) is 6.07 Å². The van der Waals surface area contributed by atoms with Crippen LogP contribution in [0.25, 0.3) is 10.8 Å². The molecular weight excluding hydrogens is 230 g/mol. The van der Waals surface area contributed by atoms with Gasteiger partial charge in [-0.1, -0.05) is 12.1 Å². The van der Waals surface area contributed by atoms with Crippen LogP contribution in [0.3, 0.4) is 0 Å². The number of rotatable bonds is 3. The van der Waals surface area contributed by atoms with Gasteiger partial charge in [-0.2, -0.15) is 0 Å². The molecule has 0 spiro atoms. The van der Waals surface area contributed by atoms with E-state index in [2.05, 4.69) is 0 Å². The zero-order chi connectivity index (χ0) is 13.1. The van der Waals surface area contributed by atoms with E-state index in [0.717, 1.165) is 10.1 Å². The van der Waals surface area contributed by atoms with Crippen molar-refractivity contribution in [2.45, 2.75) is 6.92 Å². The van der Waals surface area contributed by atoms with E-state index in [1.165, 1.54) is 6.21 Å². The smallest absolute Gasteiger partial charge is 0.182 e. The van der Waals surface area contributed by atoms with E-state index < -0.39 is 0 Å². The predicted octanol–water partition coefficient (Wildman–Crippen LogP) is 2.50. The molecule has 4 nitrogen and oxygen atoms in total. The number of fused-ring (bicyclic) bond motifs is 1. The van der Waals surface area contributed by atoms with Crippen LogP contribution in [0, 0.1) is 5.21 Å². The van der Waals surface area contributed by atoms with Crippen molar-refractivity contribution in [1.82, 2.24) is 0 Å². The first-order valence-corrected chi connectivity index (χ1v) is 5.74. The summed E-state index contributed by atoms with van der Waals surface area (Å²) in [6, 6.07) is 8.75. The standard InChI is InChI=1S/C14H15NO3/c1-3-15(17)9-10-7-8-13(18-2)11-5-4-6-12(16)14(10)11/h4-9,16H,3H2,1-2H3/b15-9-. The molecule has 2 aromatic carbocycles. The van der Waals surface area contributed by atoms with Crippen LogP contribution < -0.4 is 4.74 Å². The topological polar surface area (TPSA) is 55.5 Å². The van der Waals surface area contributed by atoms with Gasteiger partial charge in [0.2, 0.25) is 0 Å². The maximum Gasteiger partial charge on any atom is 0.182 e. The van der Waals surface area contributed by atoms with Gasteiger partial charge in [-0.05, 0) is 25.1 Å². The third-order valence-electron chi connectivity index (χ3n) is 2.83. The molecule has 1 N–H and O–H groups in total. The maximum absolute atomic E-state index is 11.4. The molecule has 0 radical (unpaired) electrons. The summed E-state index contributed by atoms with van der Waals surface area (Å²) in [6.07, 6.45) is 1.47. The Hall–Kier alpha value is -2.23. The van der Waals surface area contributed by atoms with Crippen molar-refractivity contribution in [1.29, 1.82) is 0 Å². The van der Waals surface area contributed by atoms with E-state index in [1.54, 1.807) is 38.3 Å². The molecule has 0 atom stereocenters. The summed E-state index contributed by atoms with van der Waals surface area (Å²) in [6.45, 7) is 2.14. The van der Waals surface area contributed by atoms with Gasteiger partial charge in [-0.25, -0.2) is 4.74 Å². The minimum atomic E-state index is 0.141. The van der Waals surface area contributed by atoms with Crippen LogP contribution in [-0.4, -0.2) is 29.7 Å². The Morgan fingerprint density at radius 2 is 2.11 bits per heavy atom. The van der Waals surface area contributed by atoms with Crippen molar-refractivity contribution in [3.63, 3.8) is 0 Å². The molecule has 94 valence electrons. The molecule has 4 heteroatoms.